The van der Waals surface area contributed by atoms with Crippen molar-refractivity contribution in [2.75, 3.05) is 13.1 Å². The fourth-order valence-corrected chi connectivity index (χ4v) is 5.46. The summed E-state index contributed by atoms with van der Waals surface area (Å²) < 4.78 is 14.0. The molecule has 3 aliphatic rings. The molecule has 1 saturated heterocycles. The van der Waals surface area contributed by atoms with Gasteiger partial charge in [-0.25, -0.2) is 9.38 Å². The average molecular weight is 416 g/mol. The van der Waals surface area contributed by atoms with Crippen LogP contribution in [-0.4, -0.2) is 28.7 Å². The summed E-state index contributed by atoms with van der Waals surface area (Å²) in [5.41, 5.74) is 6.33. The first kappa shape index (κ1) is 20.0. The Labute approximate surface area is 184 Å². The molecule has 4 heteroatoms. The second-order valence-electron chi connectivity index (χ2n) is 9.19. The molecule has 1 fully saturated rings. The van der Waals surface area contributed by atoms with E-state index >= 15 is 0 Å². The predicted molar refractivity (Wildman–Crippen MR) is 124 cm³/mol. The number of likely N-dealkylation sites (tertiary alicyclic amines) is 1. The van der Waals surface area contributed by atoms with Gasteiger partial charge in [0.2, 0.25) is 0 Å². The molecule has 5 rings (SSSR count). The molecule has 0 amide bonds. The lowest BCUT2D eigenvalue weighted by atomic mass is 9.76. The second kappa shape index (κ2) is 7.99. The van der Waals surface area contributed by atoms with Crippen LogP contribution < -0.4 is 0 Å². The maximum Gasteiger partial charge on any atom is 0.152 e. The van der Waals surface area contributed by atoms with E-state index in [9.17, 15) is 4.39 Å². The van der Waals surface area contributed by atoms with Crippen LogP contribution in [-0.2, 0) is 19.4 Å². The topological polar surface area (TPSA) is 18.8 Å². The van der Waals surface area contributed by atoms with Crippen LogP contribution >= 0.6 is 0 Å². The van der Waals surface area contributed by atoms with E-state index in [0.29, 0.717) is 12.0 Å². The molecule has 1 spiro atoms. The number of fused-ring (bicyclic) bond motifs is 1. The van der Waals surface area contributed by atoms with Gasteiger partial charge in [0.15, 0.2) is 5.84 Å². The quantitative estimate of drug-likeness (QED) is 0.635. The molecule has 2 aliphatic heterocycles. The van der Waals surface area contributed by atoms with E-state index in [-0.39, 0.29) is 5.82 Å². The smallest absolute Gasteiger partial charge is 0.152 e. The Balaban J connectivity index is 1.29. The van der Waals surface area contributed by atoms with E-state index in [1.165, 1.54) is 31.7 Å². The lowest BCUT2D eigenvalue weighted by molar-refractivity contribution is 0.157. The summed E-state index contributed by atoms with van der Waals surface area (Å²) in [6.45, 7) is 6.63. The third kappa shape index (κ3) is 3.69. The van der Waals surface area contributed by atoms with Crippen LogP contribution in [0.5, 0.6) is 0 Å². The van der Waals surface area contributed by atoms with Crippen LogP contribution in [0.3, 0.4) is 0 Å². The molecule has 0 N–H and O–H groups in total. The minimum absolute atomic E-state index is 0.145. The van der Waals surface area contributed by atoms with Crippen LogP contribution in [0.1, 0.15) is 42.0 Å². The van der Waals surface area contributed by atoms with Gasteiger partial charge in [-0.15, -0.1) is 0 Å². The number of piperidine rings is 1. The Morgan fingerprint density at radius 3 is 2.42 bits per heavy atom. The molecule has 0 aromatic heterocycles. The van der Waals surface area contributed by atoms with Gasteiger partial charge < -0.3 is 9.80 Å². The van der Waals surface area contributed by atoms with Crippen molar-refractivity contribution in [1.82, 2.24) is 9.80 Å². The lowest BCUT2D eigenvalue weighted by Gasteiger charge is -2.42. The van der Waals surface area contributed by atoms with Crippen molar-refractivity contribution in [3.63, 3.8) is 0 Å². The van der Waals surface area contributed by atoms with Gasteiger partial charge in [0.05, 0.1) is 5.70 Å². The first-order valence-electron chi connectivity index (χ1n) is 11.3. The van der Waals surface area contributed by atoms with Crippen molar-refractivity contribution >= 4 is 5.84 Å². The summed E-state index contributed by atoms with van der Waals surface area (Å²) >= 11 is 0. The van der Waals surface area contributed by atoms with Crippen LogP contribution in [0, 0.1) is 18.2 Å². The monoisotopic (exact) mass is 415 g/mol. The maximum absolute atomic E-state index is 14.0. The number of aliphatic imine (C=N–C) groups is 1. The van der Waals surface area contributed by atoms with Crippen molar-refractivity contribution in [3.05, 3.63) is 94.7 Å². The molecule has 0 atom stereocenters. The van der Waals surface area contributed by atoms with Crippen molar-refractivity contribution in [2.45, 2.75) is 46.1 Å². The van der Waals surface area contributed by atoms with Gasteiger partial charge in [0.1, 0.15) is 5.82 Å². The van der Waals surface area contributed by atoms with Gasteiger partial charge in [-0.3, -0.25) is 0 Å². The molecule has 2 aromatic rings. The third-order valence-corrected chi connectivity index (χ3v) is 7.35. The highest BCUT2D eigenvalue weighted by Gasteiger charge is 2.40. The second-order valence-corrected chi connectivity index (χ2v) is 9.19. The molecule has 1 aliphatic carbocycles. The Morgan fingerprint density at radius 1 is 1.03 bits per heavy atom. The lowest BCUT2D eigenvalue weighted by Crippen LogP contribution is -2.46. The zero-order valence-electron chi connectivity index (χ0n) is 18.4. The van der Waals surface area contributed by atoms with Crippen molar-refractivity contribution in [1.29, 1.82) is 0 Å². The molecule has 0 saturated carbocycles. The van der Waals surface area contributed by atoms with Gasteiger partial charge in [0.25, 0.3) is 0 Å². The van der Waals surface area contributed by atoms with E-state index in [1.54, 1.807) is 17.2 Å². The standard InChI is InChI=1S/C27H30FN3/c1-3-25-26(29-13-16-31(25)19-23-9-6-10-24(28)20(23)2)30-14-11-27(12-15-30)17-21-7-4-5-8-22(21)18-27/h3-10,13,16H,11-12,14-15,17-19H2,1-2H3/b25-3-. The Hall–Kier alpha value is -2.88. The fourth-order valence-electron chi connectivity index (χ4n) is 5.46. The number of nitrogens with zero attached hydrogens (tertiary/aromatic N) is 3. The Morgan fingerprint density at radius 2 is 1.74 bits per heavy atom. The van der Waals surface area contributed by atoms with E-state index in [2.05, 4.69) is 47.1 Å². The molecular weight excluding hydrogens is 385 g/mol. The third-order valence-electron chi connectivity index (χ3n) is 7.35. The molecule has 160 valence electrons. The molecular formula is C27H30FN3. The molecule has 31 heavy (non-hydrogen) atoms. The van der Waals surface area contributed by atoms with Crippen LogP contribution in [0.4, 0.5) is 4.39 Å². The van der Waals surface area contributed by atoms with Gasteiger partial charge in [0, 0.05) is 32.0 Å². The van der Waals surface area contributed by atoms with Crippen molar-refractivity contribution in [2.24, 2.45) is 10.4 Å². The molecule has 0 unspecified atom stereocenters. The van der Waals surface area contributed by atoms with Crippen LogP contribution in [0.25, 0.3) is 0 Å². The number of rotatable bonds is 2. The summed E-state index contributed by atoms with van der Waals surface area (Å²) in [5, 5.41) is 0. The summed E-state index contributed by atoms with van der Waals surface area (Å²) in [7, 11) is 0. The molecule has 3 nitrogen and oxygen atoms in total. The number of allylic oxidation sites excluding steroid dienone is 1. The number of hydrogen-bond donors (Lipinski definition) is 0. The van der Waals surface area contributed by atoms with Crippen LogP contribution in [0.15, 0.2) is 71.6 Å². The highest BCUT2D eigenvalue weighted by Crippen LogP contribution is 2.44. The van der Waals surface area contributed by atoms with E-state index in [4.69, 9.17) is 4.99 Å². The number of benzene rings is 2. The normalized spacial score (nSPS) is 21.0. The fraction of sp³-hybridized carbons (Fsp3) is 0.370. The molecule has 0 radical (unpaired) electrons. The van der Waals surface area contributed by atoms with Gasteiger partial charge in [-0.05, 0) is 73.3 Å². The Kier molecular flexibility index (Phi) is 5.17. The molecule has 0 bridgehead atoms. The number of hydrogen-bond acceptors (Lipinski definition) is 3. The van der Waals surface area contributed by atoms with Gasteiger partial charge in [-0.2, -0.15) is 0 Å². The van der Waals surface area contributed by atoms with Gasteiger partial charge >= 0.3 is 0 Å². The first-order valence-corrected chi connectivity index (χ1v) is 11.3. The summed E-state index contributed by atoms with van der Waals surface area (Å²) in [6.07, 6.45) is 10.8. The highest BCUT2D eigenvalue weighted by atomic mass is 19.1. The van der Waals surface area contributed by atoms with Crippen molar-refractivity contribution in [3.8, 4) is 0 Å². The van der Waals surface area contributed by atoms with E-state index in [0.717, 1.165) is 35.7 Å². The minimum atomic E-state index is -0.145. The highest BCUT2D eigenvalue weighted by molar-refractivity contribution is 5.99. The zero-order valence-corrected chi connectivity index (χ0v) is 18.4. The Bertz CT molecular complexity index is 1050. The average Bonchev–Trinajstić information content (AvgIpc) is 3.15. The van der Waals surface area contributed by atoms with Gasteiger partial charge in [-0.1, -0.05) is 42.5 Å². The summed E-state index contributed by atoms with van der Waals surface area (Å²) in [4.78, 5) is 9.41. The first-order chi connectivity index (χ1) is 15.1. The number of amidine groups is 1. The minimum Gasteiger partial charge on any atom is -0.355 e. The van der Waals surface area contributed by atoms with E-state index in [1.807, 2.05) is 25.4 Å². The van der Waals surface area contributed by atoms with Crippen LogP contribution in [0.2, 0.25) is 0 Å². The predicted octanol–water partition coefficient (Wildman–Crippen LogP) is 5.60. The number of halogens is 1. The summed E-state index contributed by atoms with van der Waals surface area (Å²) in [6, 6.07) is 14.3. The van der Waals surface area contributed by atoms with E-state index < -0.39 is 0 Å². The zero-order chi connectivity index (χ0) is 21.4. The van der Waals surface area contributed by atoms with Crippen molar-refractivity contribution < 1.29 is 4.39 Å². The maximum atomic E-state index is 14.0. The molecule has 2 aromatic carbocycles. The largest absolute Gasteiger partial charge is 0.355 e. The molecule has 2 heterocycles. The summed E-state index contributed by atoms with van der Waals surface area (Å²) in [5.74, 6) is 0.901. The SMILES string of the molecule is C/C=C1/C(N2CCC3(CC2)Cc2ccccc2C3)=NC=CN1Cc1cccc(F)c1C.